The highest BCUT2D eigenvalue weighted by Gasteiger charge is 2.21. The van der Waals surface area contributed by atoms with Crippen molar-refractivity contribution in [1.82, 2.24) is 10.2 Å². The van der Waals surface area contributed by atoms with Crippen LogP contribution in [0.5, 0.6) is 0 Å². The Kier molecular flexibility index (Phi) is 11.0. The van der Waals surface area contributed by atoms with E-state index in [0.717, 1.165) is 42.5 Å². The molecule has 2 rings (SSSR count). The van der Waals surface area contributed by atoms with Crippen LogP contribution in [0.1, 0.15) is 38.7 Å². The van der Waals surface area contributed by atoms with Crippen LogP contribution in [-0.4, -0.2) is 47.9 Å². The summed E-state index contributed by atoms with van der Waals surface area (Å²) in [4.78, 5) is 18.5. The van der Waals surface area contributed by atoms with Gasteiger partial charge in [-0.1, -0.05) is 26.0 Å². The fourth-order valence-corrected chi connectivity index (χ4v) is 4.06. The number of aliphatic imine (C=N–C) groups is 1. The van der Waals surface area contributed by atoms with Crippen molar-refractivity contribution in [1.29, 1.82) is 0 Å². The molecule has 0 radical (unpaired) electrons. The summed E-state index contributed by atoms with van der Waals surface area (Å²) in [6.07, 6.45) is 2.61. The summed E-state index contributed by atoms with van der Waals surface area (Å²) in [6.45, 7) is 7.04. The number of thioether (sulfide) groups is 1. The van der Waals surface area contributed by atoms with Crippen molar-refractivity contribution < 1.29 is 4.79 Å². The summed E-state index contributed by atoms with van der Waals surface area (Å²) in [5.74, 6) is 2.18. The Hall–Kier alpha value is -0.960. The third-order valence-corrected chi connectivity index (χ3v) is 5.62. The second-order valence-electron chi connectivity index (χ2n) is 6.25. The molecule has 1 atom stereocenters. The van der Waals surface area contributed by atoms with Crippen molar-refractivity contribution in [2.45, 2.75) is 44.9 Å². The topological polar surface area (TPSA) is 56.7 Å². The molecular weight excluding hydrogens is 459 g/mol. The van der Waals surface area contributed by atoms with Crippen molar-refractivity contribution in [2.75, 3.05) is 31.2 Å². The smallest absolute Gasteiger partial charge is 0.224 e. The van der Waals surface area contributed by atoms with Gasteiger partial charge in [0, 0.05) is 49.8 Å². The number of nitrogens with zero attached hydrogens (tertiary/aromatic N) is 2. The van der Waals surface area contributed by atoms with Gasteiger partial charge in [-0.25, -0.2) is 0 Å². The van der Waals surface area contributed by atoms with Gasteiger partial charge in [0.25, 0.3) is 0 Å². The molecule has 1 aromatic carbocycles. The van der Waals surface area contributed by atoms with Gasteiger partial charge < -0.3 is 15.5 Å². The molecule has 1 amide bonds. The molecule has 0 saturated carbocycles. The van der Waals surface area contributed by atoms with Crippen LogP contribution < -0.4 is 10.6 Å². The highest BCUT2D eigenvalue weighted by molar-refractivity contribution is 14.0. The maximum absolute atomic E-state index is 11.7. The van der Waals surface area contributed by atoms with E-state index < -0.39 is 0 Å². The molecule has 1 heterocycles. The molecule has 1 unspecified atom stereocenters. The van der Waals surface area contributed by atoms with Crippen LogP contribution in [0, 0.1) is 0 Å². The molecule has 2 N–H and O–H groups in total. The third-order valence-electron chi connectivity index (χ3n) is 4.24. The van der Waals surface area contributed by atoms with Gasteiger partial charge in [0.1, 0.15) is 0 Å². The summed E-state index contributed by atoms with van der Waals surface area (Å²) in [5, 5.41) is 7.10. The average Bonchev–Trinajstić information content (AvgIpc) is 2.63. The summed E-state index contributed by atoms with van der Waals surface area (Å²) >= 11 is 2.06. The van der Waals surface area contributed by atoms with Gasteiger partial charge in [0.15, 0.2) is 5.96 Å². The van der Waals surface area contributed by atoms with Crippen LogP contribution >= 0.6 is 35.7 Å². The summed E-state index contributed by atoms with van der Waals surface area (Å²) in [5.41, 5.74) is 1.99. The Balaban J connectivity index is 0.00000338. The Morgan fingerprint density at radius 1 is 1.38 bits per heavy atom. The second kappa shape index (κ2) is 12.4. The summed E-state index contributed by atoms with van der Waals surface area (Å²) in [7, 11) is 1.84. The minimum Gasteiger partial charge on any atom is -0.352 e. The van der Waals surface area contributed by atoms with E-state index in [4.69, 9.17) is 0 Å². The molecule has 7 heteroatoms. The number of rotatable bonds is 6. The monoisotopic (exact) mass is 490 g/mol. The third kappa shape index (κ3) is 7.34. The molecule has 1 saturated heterocycles. The summed E-state index contributed by atoms with van der Waals surface area (Å²) in [6, 6.07) is 8.00. The normalized spacial score (nSPS) is 17.4. The van der Waals surface area contributed by atoms with Gasteiger partial charge in [0.2, 0.25) is 5.91 Å². The van der Waals surface area contributed by atoms with Crippen LogP contribution in [0.4, 0.5) is 5.69 Å². The molecular formula is C19H31IN4OS. The number of hydrogen-bond acceptors (Lipinski definition) is 3. The number of hydrogen-bond donors (Lipinski definition) is 2. The lowest BCUT2D eigenvalue weighted by Gasteiger charge is -2.34. The van der Waals surface area contributed by atoms with Gasteiger partial charge in [0.05, 0.1) is 0 Å². The zero-order valence-corrected chi connectivity index (χ0v) is 19.1. The minimum atomic E-state index is 0. The Morgan fingerprint density at radius 2 is 2.19 bits per heavy atom. The van der Waals surface area contributed by atoms with Crippen LogP contribution in [0.3, 0.4) is 0 Å². The van der Waals surface area contributed by atoms with Crippen molar-refractivity contribution in [3.05, 3.63) is 29.8 Å². The number of benzene rings is 1. The van der Waals surface area contributed by atoms with Crippen molar-refractivity contribution in [3.8, 4) is 0 Å². The first-order valence-corrected chi connectivity index (χ1v) is 10.2. The van der Waals surface area contributed by atoms with E-state index in [1.54, 1.807) is 0 Å². The van der Waals surface area contributed by atoms with E-state index >= 15 is 0 Å². The van der Waals surface area contributed by atoms with Gasteiger partial charge in [-0.05, 0) is 30.5 Å². The molecule has 1 aromatic rings. The number of carbonyl (C=O) groups is 1. The van der Waals surface area contributed by atoms with E-state index in [-0.39, 0.29) is 29.9 Å². The first-order chi connectivity index (χ1) is 12.2. The van der Waals surface area contributed by atoms with Crippen molar-refractivity contribution in [3.63, 3.8) is 0 Å². The number of amides is 1. The molecule has 0 aromatic heterocycles. The molecule has 1 fully saturated rings. The maximum atomic E-state index is 11.7. The molecule has 5 nitrogen and oxygen atoms in total. The first kappa shape index (κ1) is 23.1. The number of carbonyl (C=O) groups excluding carboxylic acids is 1. The fraction of sp³-hybridized carbons (Fsp3) is 0.579. The summed E-state index contributed by atoms with van der Waals surface area (Å²) < 4.78 is 0. The van der Waals surface area contributed by atoms with Crippen molar-refractivity contribution >= 4 is 53.3 Å². The Morgan fingerprint density at radius 3 is 2.88 bits per heavy atom. The predicted molar refractivity (Wildman–Crippen MR) is 124 cm³/mol. The second-order valence-corrected chi connectivity index (χ2v) is 7.65. The van der Waals surface area contributed by atoms with Gasteiger partial charge in [-0.15, -0.1) is 24.0 Å². The zero-order chi connectivity index (χ0) is 18.1. The highest BCUT2D eigenvalue weighted by atomic mass is 127. The van der Waals surface area contributed by atoms with E-state index in [1.807, 2.05) is 32.2 Å². The van der Waals surface area contributed by atoms with E-state index in [0.29, 0.717) is 18.2 Å². The molecule has 0 bridgehead atoms. The number of anilines is 1. The molecule has 0 spiro atoms. The lowest BCUT2D eigenvalue weighted by Crippen LogP contribution is -2.47. The largest absolute Gasteiger partial charge is 0.352 e. The van der Waals surface area contributed by atoms with E-state index in [1.165, 1.54) is 6.42 Å². The van der Waals surface area contributed by atoms with Crippen LogP contribution in [0.2, 0.25) is 0 Å². The van der Waals surface area contributed by atoms with Crippen LogP contribution in [-0.2, 0) is 11.3 Å². The first-order valence-electron chi connectivity index (χ1n) is 9.12. The highest BCUT2D eigenvalue weighted by Crippen LogP contribution is 2.21. The molecule has 1 aliphatic rings. The molecule has 1 aliphatic heterocycles. The Labute approximate surface area is 178 Å². The standard InChI is InChI=1S/C19H30N4OS.HI/c1-4-7-18(24)22-16-9-6-8-15(12-16)13-21-19(20-3)23-10-11-25-17(5-2)14-23;/h6,8-9,12,17H,4-5,7,10-11,13-14H2,1-3H3,(H,20,21)(H,22,24);1H. The molecule has 26 heavy (non-hydrogen) atoms. The van der Waals surface area contributed by atoms with E-state index in [9.17, 15) is 4.79 Å². The maximum Gasteiger partial charge on any atom is 0.224 e. The molecule has 146 valence electrons. The number of halogens is 1. The Bertz CT molecular complexity index is 597. The van der Waals surface area contributed by atoms with Gasteiger partial charge >= 0.3 is 0 Å². The van der Waals surface area contributed by atoms with Crippen LogP contribution in [0.15, 0.2) is 29.3 Å². The van der Waals surface area contributed by atoms with Gasteiger partial charge in [-0.3, -0.25) is 9.79 Å². The molecule has 0 aliphatic carbocycles. The number of nitrogens with one attached hydrogen (secondary N) is 2. The number of guanidine groups is 1. The van der Waals surface area contributed by atoms with E-state index in [2.05, 4.69) is 45.3 Å². The lowest BCUT2D eigenvalue weighted by molar-refractivity contribution is -0.116. The quantitative estimate of drug-likeness (QED) is 0.360. The minimum absolute atomic E-state index is 0. The van der Waals surface area contributed by atoms with Gasteiger partial charge in [-0.2, -0.15) is 11.8 Å². The van der Waals surface area contributed by atoms with Crippen LogP contribution in [0.25, 0.3) is 0 Å². The average molecular weight is 490 g/mol. The fourth-order valence-electron chi connectivity index (χ4n) is 2.88. The predicted octanol–water partition coefficient (Wildman–Crippen LogP) is 3.95. The lowest BCUT2D eigenvalue weighted by atomic mass is 10.2. The SMILES string of the molecule is CCCC(=O)Nc1cccc(CNC(=NC)N2CCSC(CC)C2)c1.I. The van der Waals surface area contributed by atoms with Crippen molar-refractivity contribution in [2.24, 2.45) is 4.99 Å². The zero-order valence-electron chi connectivity index (χ0n) is 16.0.